The van der Waals surface area contributed by atoms with Crippen molar-refractivity contribution >= 4 is 21.6 Å². The van der Waals surface area contributed by atoms with E-state index in [2.05, 4.69) is 19.2 Å². The van der Waals surface area contributed by atoms with Crippen LogP contribution in [-0.4, -0.2) is 39.8 Å². The van der Waals surface area contributed by atoms with Gasteiger partial charge in [0.1, 0.15) is 11.8 Å². The van der Waals surface area contributed by atoms with Gasteiger partial charge in [-0.2, -0.15) is 0 Å². The van der Waals surface area contributed by atoms with Crippen LogP contribution in [0.2, 0.25) is 0 Å². The standard InChI is InChI=1S/C20H34N2O4S/c1-6-9-10-17(7-2)15-21-20(23)16(4)22(27(5,24)25)18-11-13-19(14-12-18)26-8-3/h11-14,16-17H,6-10,15H2,1-5H3,(H,21,23). The number of rotatable bonds is 12. The minimum absolute atomic E-state index is 0.288. The van der Waals surface area contributed by atoms with Crippen LogP contribution >= 0.6 is 0 Å². The molecule has 0 spiro atoms. The third kappa shape index (κ3) is 7.40. The molecular formula is C20H34N2O4S. The Hall–Kier alpha value is -1.76. The molecule has 1 aromatic carbocycles. The van der Waals surface area contributed by atoms with Gasteiger partial charge in [0, 0.05) is 6.54 Å². The molecule has 0 heterocycles. The summed E-state index contributed by atoms with van der Waals surface area (Å²) in [4.78, 5) is 12.6. The summed E-state index contributed by atoms with van der Waals surface area (Å²) in [6, 6.07) is 5.90. The number of nitrogens with one attached hydrogen (secondary N) is 1. The molecule has 1 amide bonds. The zero-order valence-electron chi connectivity index (χ0n) is 17.2. The van der Waals surface area contributed by atoms with Crippen molar-refractivity contribution in [1.29, 1.82) is 0 Å². The second kappa shape index (κ2) is 11.2. The highest BCUT2D eigenvalue weighted by Crippen LogP contribution is 2.24. The summed E-state index contributed by atoms with van der Waals surface area (Å²) in [5.41, 5.74) is 0.446. The number of carbonyl (C=O) groups is 1. The normalized spacial score (nSPS) is 13.7. The topological polar surface area (TPSA) is 75.7 Å². The first-order valence-corrected chi connectivity index (χ1v) is 11.6. The lowest BCUT2D eigenvalue weighted by molar-refractivity contribution is -0.122. The molecule has 0 aliphatic rings. The van der Waals surface area contributed by atoms with E-state index in [4.69, 9.17) is 4.74 Å². The number of benzene rings is 1. The highest BCUT2D eigenvalue weighted by Gasteiger charge is 2.29. The Morgan fingerprint density at radius 2 is 1.81 bits per heavy atom. The zero-order chi connectivity index (χ0) is 20.4. The van der Waals surface area contributed by atoms with Gasteiger partial charge >= 0.3 is 0 Å². The third-order valence-electron chi connectivity index (χ3n) is 4.60. The first-order valence-electron chi connectivity index (χ1n) is 9.74. The molecule has 0 saturated carbocycles. The SMILES string of the molecule is CCCCC(CC)CNC(=O)C(C)N(c1ccc(OCC)cc1)S(C)(=O)=O. The Labute approximate surface area is 164 Å². The molecule has 6 nitrogen and oxygen atoms in total. The van der Waals surface area contributed by atoms with Gasteiger partial charge < -0.3 is 10.1 Å². The summed E-state index contributed by atoms with van der Waals surface area (Å²) in [5, 5.41) is 2.93. The fourth-order valence-electron chi connectivity index (χ4n) is 3.00. The molecule has 0 fully saturated rings. The number of nitrogens with zero attached hydrogens (tertiary/aromatic N) is 1. The van der Waals surface area contributed by atoms with Gasteiger partial charge in [-0.3, -0.25) is 9.10 Å². The number of carbonyl (C=O) groups excluding carboxylic acids is 1. The Kier molecular flexibility index (Phi) is 9.63. The van der Waals surface area contributed by atoms with Crippen molar-refractivity contribution < 1.29 is 17.9 Å². The first kappa shape index (κ1) is 23.3. The van der Waals surface area contributed by atoms with E-state index in [-0.39, 0.29) is 5.91 Å². The largest absolute Gasteiger partial charge is 0.494 e. The lowest BCUT2D eigenvalue weighted by Gasteiger charge is -2.29. The summed E-state index contributed by atoms with van der Waals surface area (Å²) in [5.74, 6) is 0.788. The maximum absolute atomic E-state index is 12.6. The van der Waals surface area contributed by atoms with E-state index in [0.29, 0.717) is 30.5 Å². The van der Waals surface area contributed by atoms with Crippen LogP contribution in [0.3, 0.4) is 0 Å². The van der Waals surface area contributed by atoms with E-state index < -0.39 is 16.1 Å². The van der Waals surface area contributed by atoms with E-state index in [1.807, 2.05) is 6.92 Å². The van der Waals surface area contributed by atoms with Gasteiger partial charge in [0.2, 0.25) is 15.9 Å². The van der Waals surface area contributed by atoms with E-state index >= 15 is 0 Å². The molecular weight excluding hydrogens is 364 g/mol. The fraction of sp³-hybridized carbons (Fsp3) is 0.650. The van der Waals surface area contributed by atoms with Gasteiger partial charge in [0.05, 0.1) is 18.6 Å². The average Bonchev–Trinajstić information content (AvgIpc) is 2.62. The Morgan fingerprint density at radius 3 is 2.30 bits per heavy atom. The van der Waals surface area contributed by atoms with Crippen LogP contribution in [0.1, 0.15) is 53.4 Å². The highest BCUT2D eigenvalue weighted by molar-refractivity contribution is 7.92. The quantitative estimate of drug-likeness (QED) is 0.584. The molecule has 2 atom stereocenters. The van der Waals surface area contributed by atoms with Crippen molar-refractivity contribution in [2.75, 3.05) is 23.7 Å². The molecule has 0 aromatic heterocycles. The number of amides is 1. The average molecular weight is 399 g/mol. The Bertz CT molecular complexity index is 674. The first-order chi connectivity index (χ1) is 12.7. The van der Waals surface area contributed by atoms with Crippen LogP contribution in [0.5, 0.6) is 5.75 Å². The van der Waals surface area contributed by atoms with Gasteiger partial charge in [-0.05, 0) is 50.5 Å². The summed E-state index contributed by atoms with van der Waals surface area (Å²) >= 11 is 0. The molecule has 7 heteroatoms. The van der Waals surface area contributed by atoms with Crippen LogP contribution in [-0.2, 0) is 14.8 Å². The molecule has 0 aliphatic heterocycles. The molecule has 1 rings (SSSR count). The minimum atomic E-state index is -3.61. The third-order valence-corrected chi connectivity index (χ3v) is 5.84. The van der Waals surface area contributed by atoms with Crippen molar-refractivity contribution in [2.45, 2.75) is 59.4 Å². The maximum Gasteiger partial charge on any atom is 0.243 e. The predicted molar refractivity (Wildman–Crippen MR) is 111 cm³/mol. The van der Waals surface area contributed by atoms with E-state index in [9.17, 15) is 13.2 Å². The molecule has 0 saturated heterocycles. The van der Waals surface area contributed by atoms with Crippen LogP contribution in [0, 0.1) is 5.92 Å². The minimum Gasteiger partial charge on any atom is -0.494 e. The summed E-state index contributed by atoms with van der Waals surface area (Å²) in [6.45, 7) is 8.85. The van der Waals surface area contributed by atoms with E-state index in [0.717, 1.165) is 36.2 Å². The number of anilines is 1. The molecule has 0 radical (unpaired) electrons. The zero-order valence-corrected chi connectivity index (χ0v) is 18.0. The Balaban J connectivity index is 2.88. The van der Waals surface area contributed by atoms with Crippen molar-refractivity contribution in [3.8, 4) is 5.75 Å². The number of hydrogen-bond donors (Lipinski definition) is 1. The number of sulfonamides is 1. The maximum atomic E-state index is 12.6. The number of hydrogen-bond acceptors (Lipinski definition) is 4. The predicted octanol–water partition coefficient (Wildman–Crippen LogP) is 3.57. The van der Waals surface area contributed by atoms with Gasteiger partial charge in [0.25, 0.3) is 0 Å². The van der Waals surface area contributed by atoms with Gasteiger partial charge in [0.15, 0.2) is 0 Å². The molecule has 27 heavy (non-hydrogen) atoms. The second-order valence-electron chi connectivity index (χ2n) is 6.82. The van der Waals surface area contributed by atoms with Crippen molar-refractivity contribution in [3.05, 3.63) is 24.3 Å². The van der Waals surface area contributed by atoms with Crippen molar-refractivity contribution in [1.82, 2.24) is 5.32 Å². The lowest BCUT2D eigenvalue weighted by Crippen LogP contribution is -2.48. The van der Waals surface area contributed by atoms with E-state index in [1.54, 1.807) is 31.2 Å². The highest BCUT2D eigenvalue weighted by atomic mass is 32.2. The van der Waals surface area contributed by atoms with Gasteiger partial charge in [-0.15, -0.1) is 0 Å². The summed E-state index contributed by atoms with van der Waals surface area (Å²) < 4.78 is 31.2. The van der Waals surface area contributed by atoms with Gasteiger partial charge in [-0.1, -0.05) is 33.1 Å². The molecule has 1 aromatic rings. The van der Waals surface area contributed by atoms with Crippen molar-refractivity contribution in [3.63, 3.8) is 0 Å². The van der Waals surface area contributed by atoms with Gasteiger partial charge in [-0.25, -0.2) is 8.42 Å². The van der Waals surface area contributed by atoms with Crippen molar-refractivity contribution in [2.24, 2.45) is 5.92 Å². The number of ether oxygens (including phenoxy) is 1. The lowest BCUT2D eigenvalue weighted by atomic mass is 9.99. The number of unbranched alkanes of at least 4 members (excludes halogenated alkanes) is 1. The molecule has 154 valence electrons. The molecule has 2 unspecified atom stereocenters. The summed E-state index contributed by atoms with van der Waals surface area (Å²) in [7, 11) is -3.61. The molecule has 1 N–H and O–H groups in total. The fourth-order valence-corrected chi connectivity index (χ4v) is 4.18. The van der Waals surface area contributed by atoms with Crippen LogP contribution < -0.4 is 14.4 Å². The van der Waals surface area contributed by atoms with Crippen LogP contribution in [0.4, 0.5) is 5.69 Å². The molecule has 0 aliphatic carbocycles. The van der Waals surface area contributed by atoms with Crippen LogP contribution in [0.25, 0.3) is 0 Å². The summed E-state index contributed by atoms with van der Waals surface area (Å²) in [6.07, 6.45) is 5.43. The smallest absolute Gasteiger partial charge is 0.243 e. The molecule has 0 bridgehead atoms. The van der Waals surface area contributed by atoms with Crippen LogP contribution in [0.15, 0.2) is 24.3 Å². The Morgan fingerprint density at radius 1 is 1.19 bits per heavy atom. The monoisotopic (exact) mass is 398 g/mol. The van der Waals surface area contributed by atoms with E-state index in [1.165, 1.54) is 0 Å². The second-order valence-corrected chi connectivity index (χ2v) is 8.68.